The van der Waals surface area contributed by atoms with Crippen molar-refractivity contribution in [2.24, 2.45) is 5.92 Å². The van der Waals surface area contributed by atoms with Crippen LogP contribution in [0.15, 0.2) is 24.3 Å². The smallest absolute Gasteiger partial charge is 0.249 e. The summed E-state index contributed by atoms with van der Waals surface area (Å²) in [4.78, 5) is 16.7. The van der Waals surface area contributed by atoms with Crippen LogP contribution < -0.4 is 5.32 Å². The Labute approximate surface area is 143 Å². The van der Waals surface area contributed by atoms with Gasteiger partial charge in [0.2, 0.25) is 5.91 Å². The SMILES string of the molecule is CC(C)Cn1c(CCCNC(=O)C2CCCO2)nc2ccccc21. The zero-order valence-electron chi connectivity index (χ0n) is 14.6. The van der Waals surface area contributed by atoms with Crippen LogP contribution in [0, 0.1) is 5.92 Å². The standard InChI is InChI=1S/C19H27N3O2/c1-14(2)13-22-16-8-4-3-7-15(16)21-18(22)10-5-11-20-19(23)17-9-6-12-24-17/h3-4,7-8,14,17H,5-6,9-13H2,1-2H3,(H,20,23). The van der Waals surface area contributed by atoms with E-state index in [4.69, 9.17) is 9.72 Å². The number of carbonyl (C=O) groups excluding carboxylic acids is 1. The number of carbonyl (C=O) groups is 1. The summed E-state index contributed by atoms with van der Waals surface area (Å²) in [7, 11) is 0. The molecule has 0 spiro atoms. The molecule has 5 nitrogen and oxygen atoms in total. The molecule has 1 amide bonds. The van der Waals surface area contributed by atoms with Gasteiger partial charge in [-0.15, -0.1) is 0 Å². The monoisotopic (exact) mass is 329 g/mol. The lowest BCUT2D eigenvalue weighted by Gasteiger charge is -2.13. The van der Waals surface area contributed by atoms with Gasteiger partial charge in [-0.05, 0) is 37.3 Å². The molecule has 1 aliphatic rings. The minimum atomic E-state index is -0.240. The number of para-hydroxylation sites is 2. The third-order valence-corrected chi connectivity index (χ3v) is 4.38. The fraction of sp³-hybridized carbons (Fsp3) is 0.579. The number of hydrogen-bond donors (Lipinski definition) is 1. The van der Waals surface area contributed by atoms with Gasteiger partial charge in [0.15, 0.2) is 0 Å². The van der Waals surface area contributed by atoms with E-state index in [1.807, 2.05) is 6.07 Å². The van der Waals surface area contributed by atoms with Crippen molar-refractivity contribution in [3.63, 3.8) is 0 Å². The van der Waals surface area contributed by atoms with Crippen LogP contribution in [0.4, 0.5) is 0 Å². The highest BCUT2D eigenvalue weighted by Crippen LogP contribution is 2.19. The van der Waals surface area contributed by atoms with Crippen molar-refractivity contribution in [1.82, 2.24) is 14.9 Å². The van der Waals surface area contributed by atoms with Crippen LogP contribution in [-0.2, 0) is 22.5 Å². The van der Waals surface area contributed by atoms with E-state index in [-0.39, 0.29) is 12.0 Å². The second kappa shape index (κ2) is 7.79. The molecule has 0 radical (unpaired) electrons. The normalized spacial score (nSPS) is 17.7. The van der Waals surface area contributed by atoms with E-state index in [0.717, 1.165) is 43.6 Å². The molecule has 1 aliphatic heterocycles. The van der Waals surface area contributed by atoms with Gasteiger partial charge in [0, 0.05) is 26.1 Å². The van der Waals surface area contributed by atoms with Gasteiger partial charge in [0.1, 0.15) is 11.9 Å². The molecule has 0 saturated carbocycles. The number of aryl methyl sites for hydroxylation is 1. The van der Waals surface area contributed by atoms with Crippen molar-refractivity contribution >= 4 is 16.9 Å². The zero-order valence-corrected chi connectivity index (χ0v) is 14.6. The third-order valence-electron chi connectivity index (χ3n) is 4.38. The van der Waals surface area contributed by atoms with E-state index < -0.39 is 0 Å². The summed E-state index contributed by atoms with van der Waals surface area (Å²) < 4.78 is 7.73. The van der Waals surface area contributed by atoms with Gasteiger partial charge < -0.3 is 14.6 Å². The summed E-state index contributed by atoms with van der Waals surface area (Å²) in [6.07, 6.45) is 3.34. The number of nitrogens with zero attached hydrogens (tertiary/aromatic N) is 2. The highest BCUT2D eigenvalue weighted by atomic mass is 16.5. The van der Waals surface area contributed by atoms with Crippen molar-refractivity contribution in [3.05, 3.63) is 30.1 Å². The van der Waals surface area contributed by atoms with Crippen molar-refractivity contribution in [3.8, 4) is 0 Å². The highest BCUT2D eigenvalue weighted by Gasteiger charge is 2.22. The summed E-state index contributed by atoms with van der Waals surface area (Å²) in [6, 6.07) is 8.29. The maximum Gasteiger partial charge on any atom is 0.249 e. The van der Waals surface area contributed by atoms with E-state index in [9.17, 15) is 4.79 Å². The lowest BCUT2D eigenvalue weighted by atomic mass is 10.2. The minimum absolute atomic E-state index is 0.0307. The van der Waals surface area contributed by atoms with Crippen LogP contribution in [0.1, 0.15) is 38.9 Å². The van der Waals surface area contributed by atoms with Gasteiger partial charge in [-0.3, -0.25) is 4.79 Å². The Morgan fingerprint density at radius 1 is 1.42 bits per heavy atom. The van der Waals surface area contributed by atoms with E-state index in [0.29, 0.717) is 19.1 Å². The molecule has 1 saturated heterocycles. The van der Waals surface area contributed by atoms with Crippen LogP contribution in [0.3, 0.4) is 0 Å². The molecule has 1 unspecified atom stereocenters. The molecule has 24 heavy (non-hydrogen) atoms. The van der Waals surface area contributed by atoms with Gasteiger partial charge >= 0.3 is 0 Å². The molecule has 1 aromatic heterocycles. The number of aromatic nitrogens is 2. The predicted octanol–water partition coefficient (Wildman–Crippen LogP) is 2.92. The first-order chi connectivity index (χ1) is 11.6. The first-order valence-electron chi connectivity index (χ1n) is 8.98. The first kappa shape index (κ1) is 17.0. The average Bonchev–Trinajstić information content (AvgIpc) is 3.20. The molecule has 1 fully saturated rings. The highest BCUT2D eigenvalue weighted by molar-refractivity contribution is 5.80. The van der Waals surface area contributed by atoms with Crippen LogP contribution in [0.5, 0.6) is 0 Å². The zero-order chi connectivity index (χ0) is 16.9. The number of ether oxygens (including phenoxy) is 1. The summed E-state index contributed by atoms with van der Waals surface area (Å²) >= 11 is 0. The molecular formula is C19H27N3O2. The fourth-order valence-corrected chi connectivity index (χ4v) is 3.24. The maximum absolute atomic E-state index is 12.0. The Hall–Kier alpha value is -1.88. The fourth-order valence-electron chi connectivity index (χ4n) is 3.24. The summed E-state index contributed by atoms with van der Waals surface area (Å²) in [6.45, 7) is 6.79. The average molecular weight is 329 g/mol. The predicted molar refractivity (Wildman–Crippen MR) is 94.9 cm³/mol. The van der Waals surface area contributed by atoms with Crippen LogP contribution in [0.2, 0.25) is 0 Å². The van der Waals surface area contributed by atoms with Crippen LogP contribution in [0.25, 0.3) is 11.0 Å². The van der Waals surface area contributed by atoms with Crippen molar-refractivity contribution in [2.45, 2.75) is 52.2 Å². The van der Waals surface area contributed by atoms with E-state index in [1.165, 1.54) is 5.52 Å². The number of fused-ring (bicyclic) bond motifs is 1. The Morgan fingerprint density at radius 2 is 2.25 bits per heavy atom. The molecule has 1 atom stereocenters. The molecular weight excluding hydrogens is 302 g/mol. The maximum atomic E-state index is 12.0. The number of nitrogens with one attached hydrogen (secondary N) is 1. The lowest BCUT2D eigenvalue weighted by Crippen LogP contribution is -2.34. The van der Waals surface area contributed by atoms with E-state index in [1.54, 1.807) is 0 Å². The van der Waals surface area contributed by atoms with Gasteiger partial charge in [-0.2, -0.15) is 0 Å². The van der Waals surface area contributed by atoms with Crippen LogP contribution in [-0.4, -0.2) is 34.7 Å². The number of rotatable bonds is 7. The first-order valence-corrected chi connectivity index (χ1v) is 8.98. The molecule has 1 N–H and O–H groups in total. The molecule has 130 valence electrons. The molecule has 1 aromatic carbocycles. The Balaban J connectivity index is 1.59. The van der Waals surface area contributed by atoms with E-state index in [2.05, 4.69) is 41.9 Å². The summed E-state index contributed by atoms with van der Waals surface area (Å²) in [5, 5.41) is 2.99. The van der Waals surface area contributed by atoms with Crippen molar-refractivity contribution < 1.29 is 9.53 Å². The third kappa shape index (κ3) is 3.96. The Morgan fingerprint density at radius 3 is 3.00 bits per heavy atom. The molecule has 0 aliphatic carbocycles. The van der Waals surface area contributed by atoms with Crippen molar-refractivity contribution in [2.75, 3.05) is 13.2 Å². The minimum Gasteiger partial charge on any atom is -0.368 e. The Kier molecular flexibility index (Phi) is 5.51. The van der Waals surface area contributed by atoms with Gasteiger partial charge in [-0.25, -0.2) is 4.98 Å². The number of hydrogen-bond acceptors (Lipinski definition) is 3. The van der Waals surface area contributed by atoms with Crippen LogP contribution >= 0.6 is 0 Å². The second-order valence-electron chi connectivity index (χ2n) is 6.92. The quantitative estimate of drug-likeness (QED) is 0.795. The topological polar surface area (TPSA) is 56.2 Å². The molecule has 0 bridgehead atoms. The largest absolute Gasteiger partial charge is 0.368 e. The number of amides is 1. The van der Waals surface area contributed by atoms with Gasteiger partial charge in [0.05, 0.1) is 11.0 Å². The number of benzene rings is 1. The lowest BCUT2D eigenvalue weighted by molar-refractivity contribution is -0.130. The molecule has 2 heterocycles. The van der Waals surface area contributed by atoms with Gasteiger partial charge in [0.25, 0.3) is 0 Å². The summed E-state index contributed by atoms with van der Waals surface area (Å²) in [5.74, 6) is 1.71. The summed E-state index contributed by atoms with van der Waals surface area (Å²) in [5.41, 5.74) is 2.25. The molecule has 2 aromatic rings. The van der Waals surface area contributed by atoms with Crippen molar-refractivity contribution in [1.29, 1.82) is 0 Å². The second-order valence-corrected chi connectivity index (χ2v) is 6.92. The Bertz CT molecular complexity index is 687. The number of imidazole rings is 1. The van der Waals surface area contributed by atoms with E-state index >= 15 is 0 Å². The molecule has 5 heteroatoms. The van der Waals surface area contributed by atoms with Gasteiger partial charge in [-0.1, -0.05) is 26.0 Å². The molecule has 3 rings (SSSR count).